The fourth-order valence-corrected chi connectivity index (χ4v) is 3.67. The Hall–Kier alpha value is -0.640. The minimum absolute atomic E-state index is 0.0331. The van der Waals surface area contributed by atoms with Crippen LogP contribution in [0.4, 0.5) is 0 Å². The molecule has 3 heteroatoms. The van der Waals surface area contributed by atoms with Crippen molar-refractivity contribution in [2.45, 2.75) is 32.2 Å². The van der Waals surface area contributed by atoms with Crippen LogP contribution in [0.25, 0.3) is 0 Å². The molecule has 0 amide bonds. The van der Waals surface area contributed by atoms with Gasteiger partial charge in [0.1, 0.15) is 0 Å². The first-order valence-electron chi connectivity index (χ1n) is 7.30. The summed E-state index contributed by atoms with van der Waals surface area (Å²) in [6.07, 6.45) is 1.11. The van der Waals surface area contributed by atoms with E-state index >= 15 is 0 Å². The highest BCUT2D eigenvalue weighted by molar-refractivity contribution is 9.11. The summed E-state index contributed by atoms with van der Waals surface area (Å²) in [5.74, 6) is 0.829. The Morgan fingerprint density at radius 2 is 1.71 bits per heavy atom. The molecule has 2 aromatic rings. The van der Waals surface area contributed by atoms with Gasteiger partial charge in [-0.15, -0.1) is 0 Å². The molecular weight excluding hydrogens is 390 g/mol. The molecule has 0 aliphatic rings. The molecule has 0 spiro atoms. The molecule has 3 atom stereocenters. The van der Waals surface area contributed by atoms with Crippen molar-refractivity contribution in [2.75, 3.05) is 0 Å². The molecule has 0 aliphatic carbocycles. The predicted molar refractivity (Wildman–Crippen MR) is 97.4 cm³/mol. The van der Waals surface area contributed by atoms with Gasteiger partial charge in [-0.05, 0) is 35.2 Å². The van der Waals surface area contributed by atoms with Crippen LogP contribution in [-0.4, -0.2) is 0 Å². The van der Waals surface area contributed by atoms with Crippen LogP contribution in [0.5, 0.6) is 0 Å². The van der Waals surface area contributed by atoms with Crippen LogP contribution in [0.15, 0.2) is 57.5 Å². The van der Waals surface area contributed by atoms with Gasteiger partial charge in [-0.1, -0.05) is 82.5 Å². The number of rotatable bonds is 5. The van der Waals surface area contributed by atoms with Gasteiger partial charge in [0.05, 0.1) is 0 Å². The van der Waals surface area contributed by atoms with Crippen LogP contribution in [0.3, 0.4) is 0 Å². The van der Waals surface area contributed by atoms with Crippen molar-refractivity contribution in [2.24, 2.45) is 11.7 Å². The normalized spacial score (nSPS) is 15.5. The largest absolute Gasteiger partial charge is 0.323 e. The molecule has 2 N–H and O–H groups in total. The quantitative estimate of drug-likeness (QED) is 0.638. The summed E-state index contributed by atoms with van der Waals surface area (Å²) in [5, 5.41) is 0. The molecular formula is C18H21Br2N. The van der Waals surface area contributed by atoms with Crippen molar-refractivity contribution in [1.29, 1.82) is 0 Å². The molecule has 0 saturated carbocycles. The van der Waals surface area contributed by atoms with Gasteiger partial charge in [0.25, 0.3) is 0 Å². The van der Waals surface area contributed by atoms with Crippen LogP contribution in [-0.2, 0) is 0 Å². The average molecular weight is 411 g/mol. The molecule has 0 aromatic heterocycles. The second-order valence-corrected chi connectivity index (χ2v) is 7.28. The third-order valence-corrected chi connectivity index (χ3v) is 5.36. The van der Waals surface area contributed by atoms with Crippen LogP contribution in [0.2, 0.25) is 0 Å². The Balaban J connectivity index is 2.43. The Labute approximate surface area is 144 Å². The smallest absolute Gasteiger partial charge is 0.0378 e. The maximum Gasteiger partial charge on any atom is 0.0378 e. The minimum Gasteiger partial charge on any atom is -0.323 e. The zero-order chi connectivity index (χ0) is 15.4. The van der Waals surface area contributed by atoms with Gasteiger partial charge in [-0.2, -0.15) is 0 Å². The Morgan fingerprint density at radius 3 is 2.33 bits per heavy atom. The Bertz CT molecular complexity index is 583. The monoisotopic (exact) mass is 409 g/mol. The molecule has 2 aromatic carbocycles. The fourth-order valence-electron chi connectivity index (χ4n) is 2.78. The van der Waals surface area contributed by atoms with E-state index in [1.807, 2.05) is 6.07 Å². The van der Waals surface area contributed by atoms with Gasteiger partial charge >= 0.3 is 0 Å². The van der Waals surface area contributed by atoms with Gasteiger partial charge in [0.2, 0.25) is 0 Å². The topological polar surface area (TPSA) is 26.0 Å². The summed E-state index contributed by atoms with van der Waals surface area (Å²) in [4.78, 5) is 0. The molecule has 0 aliphatic heterocycles. The van der Waals surface area contributed by atoms with E-state index in [0.717, 1.165) is 20.9 Å². The number of benzene rings is 2. The van der Waals surface area contributed by atoms with E-state index in [2.05, 4.69) is 88.2 Å². The second-order valence-electron chi connectivity index (χ2n) is 5.51. The third kappa shape index (κ3) is 3.97. The summed E-state index contributed by atoms with van der Waals surface area (Å²) < 4.78 is 2.13. The highest BCUT2D eigenvalue weighted by atomic mass is 79.9. The second kappa shape index (κ2) is 7.57. The predicted octanol–water partition coefficient (Wildman–Crippen LogP) is 6.04. The molecule has 0 fully saturated rings. The lowest BCUT2D eigenvalue weighted by atomic mass is 9.78. The van der Waals surface area contributed by atoms with Gasteiger partial charge in [-0.25, -0.2) is 0 Å². The third-order valence-electron chi connectivity index (χ3n) is 4.15. The SMILES string of the molecule is CCC(C)C(c1ccccc1)C(N)c1cc(Br)ccc1Br. The van der Waals surface area contributed by atoms with Crippen molar-refractivity contribution in [3.63, 3.8) is 0 Å². The Kier molecular flexibility index (Phi) is 6.03. The van der Waals surface area contributed by atoms with E-state index in [4.69, 9.17) is 5.73 Å². The first kappa shape index (κ1) is 16.7. The fraction of sp³-hybridized carbons (Fsp3) is 0.333. The van der Waals surface area contributed by atoms with Gasteiger partial charge in [0.15, 0.2) is 0 Å². The summed E-state index contributed by atoms with van der Waals surface area (Å²) in [6.45, 7) is 4.51. The summed E-state index contributed by atoms with van der Waals surface area (Å²) in [5.41, 5.74) is 9.13. The molecule has 0 bridgehead atoms. The van der Waals surface area contributed by atoms with Crippen LogP contribution in [0.1, 0.15) is 43.4 Å². The van der Waals surface area contributed by atoms with E-state index < -0.39 is 0 Å². The molecule has 2 rings (SSSR count). The molecule has 0 heterocycles. The van der Waals surface area contributed by atoms with Crippen LogP contribution in [0, 0.1) is 5.92 Å². The number of halogens is 2. The number of hydrogen-bond donors (Lipinski definition) is 1. The first-order chi connectivity index (χ1) is 10.0. The van der Waals surface area contributed by atoms with Crippen molar-refractivity contribution in [3.8, 4) is 0 Å². The maximum atomic E-state index is 6.67. The molecule has 1 nitrogen and oxygen atoms in total. The van der Waals surface area contributed by atoms with E-state index in [1.165, 1.54) is 5.56 Å². The van der Waals surface area contributed by atoms with Crippen molar-refractivity contribution < 1.29 is 0 Å². The highest BCUT2D eigenvalue weighted by Gasteiger charge is 2.27. The standard InChI is InChI=1S/C18H21Br2N/c1-3-12(2)17(13-7-5-4-6-8-13)18(21)15-11-14(19)9-10-16(15)20/h4-12,17-18H,3,21H2,1-2H3. The van der Waals surface area contributed by atoms with Crippen molar-refractivity contribution in [1.82, 2.24) is 0 Å². The maximum absolute atomic E-state index is 6.67. The molecule has 0 radical (unpaired) electrons. The van der Waals surface area contributed by atoms with E-state index in [-0.39, 0.29) is 6.04 Å². The highest BCUT2D eigenvalue weighted by Crippen LogP contribution is 2.39. The van der Waals surface area contributed by atoms with Crippen molar-refractivity contribution >= 4 is 31.9 Å². The van der Waals surface area contributed by atoms with Crippen LogP contribution < -0.4 is 5.73 Å². The number of hydrogen-bond acceptors (Lipinski definition) is 1. The molecule has 21 heavy (non-hydrogen) atoms. The van der Waals surface area contributed by atoms with Gasteiger partial charge < -0.3 is 5.73 Å². The minimum atomic E-state index is -0.0331. The summed E-state index contributed by atoms with van der Waals surface area (Å²) in [7, 11) is 0. The van der Waals surface area contributed by atoms with E-state index in [0.29, 0.717) is 11.8 Å². The average Bonchev–Trinajstić information content (AvgIpc) is 2.50. The summed E-state index contributed by atoms with van der Waals surface area (Å²) >= 11 is 7.19. The Morgan fingerprint density at radius 1 is 1.05 bits per heavy atom. The van der Waals surface area contributed by atoms with Crippen molar-refractivity contribution in [3.05, 3.63) is 68.6 Å². The molecule has 3 unspecified atom stereocenters. The van der Waals surface area contributed by atoms with Crippen LogP contribution >= 0.6 is 31.9 Å². The van der Waals surface area contributed by atoms with E-state index in [9.17, 15) is 0 Å². The van der Waals surface area contributed by atoms with E-state index in [1.54, 1.807) is 0 Å². The lowest BCUT2D eigenvalue weighted by molar-refractivity contribution is 0.387. The van der Waals surface area contributed by atoms with Gasteiger partial charge in [0, 0.05) is 20.9 Å². The van der Waals surface area contributed by atoms with Gasteiger partial charge in [-0.3, -0.25) is 0 Å². The summed E-state index contributed by atoms with van der Waals surface area (Å²) in [6, 6.07) is 16.8. The zero-order valence-corrected chi connectivity index (χ0v) is 15.6. The first-order valence-corrected chi connectivity index (χ1v) is 8.88. The lowest BCUT2D eigenvalue weighted by Crippen LogP contribution is -2.25. The molecule has 0 saturated heterocycles. The number of nitrogens with two attached hydrogens (primary N) is 1. The zero-order valence-electron chi connectivity index (χ0n) is 12.4. The lowest BCUT2D eigenvalue weighted by Gasteiger charge is -2.30. The molecule has 112 valence electrons.